The summed E-state index contributed by atoms with van der Waals surface area (Å²) >= 11 is 5.92. The number of ether oxygens (including phenoxy) is 1. The fourth-order valence-corrected chi connectivity index (χ4v) is 4.00. The van der Waals surface area contributed by atoms with E-state index in [4.69, 9.17) is 16.3 Å². The molecule has 3 heterocycles. The van der Waals surface area contributed by atoms with E-state index in [-0.39, 0.29) is 24.2 Å². The molecule has 2 aliphatic heterocycles. The highest BCUT2D eigenvalue weighted by atomic mass is 35.5. The molecule has 9 nitrogen and oxygen atoms in total. The highest BCUT2D eigenvalue weighted by molar-refractivity contribution is 6.30. The molecule has 32 heavy (non-hydrogen) atoms. The molecule has 1 unspecified atom stereocenters. The number of anilines is 3. The Bertz CT molecular complexity index is 965. The number of nitrogens with zero attached hydrogens (tertiary/aromatic N) is 4. The van der Waals surface area contributed by atoms with Crippen molar-refractivity contribution < 1.29 is 14.3 Å². The number of benzene rings is 1. The van der Waals surface area contributed by atoms with Crippen molar-refractivity contribution in [2.24, 2.45) is 5.92 Å². The summed E-state index contributed by atoms with van der Waals surface area (Å²) in [7, 11) is 0. The molecule has 0 spiro atoms. The van der Waals surface area contributed by atoms with Crippen LogP contribution in [0.25, 0.3) is 0 Å². The van der Waals surface area contributed by atoms with Crippen LogP contribution in [0.2, 0.25) is 5.02 Å². The molecule has 2 saturated heterocycles. The normalized spacial score (nSPS) is 18.7. The zero-order valence-corrected chi connectivity index (χ0v) is 18.8. The number of morpholine rings is 1. The van der Waals surface area contributed by atoms with Crippen LogP contribution < -0.4 is 20.4 Å². The van der Waals surface area contributed by atoms with Crippen LogP contribution in [0.3, 0.4) is 0 Å². The van der Waals surface area contributed by atoms with Gasteiger partial charge in [0.05, 0.1) is 19.1 Å². The van der Waals surface area contributed by atoms with Crippen LogP contribution in [-0.4, -0.2) is 67.7 Å². The number of hydrogen-bond acceptors (Lipinski definition) is 7. The van der Waals surface area contributed by atoms with Crippen molar-refractivity contribution in [3.8, 4) is 0 Å². The molecule has 1 atom stereocenters. The molecule has 0 saturated carbocycles. The second-order valence-electron chi connectivity index (χ2n) is 7.86. The third kappa shape index (κ3) is 5.46. The van der Waals surface area contributed by atoms with E-state index in [0.29, 0.717) is 43.7 Å². The van der Waals surface area contributed by atoms with E-state index >= 15 is 0 Å². The Hall–Kier alpha value is -2.91. The Balaban J connectivity index is 1.25. The maximum Gasteiger partial charge on any atom is 0.227 e. The van der Waals surface area contributed by atoms with Crippen LogP contribution in [0, 0.1) is 12.8 Å². The maximum absolute atomic E-state index is 12.6. The first kappa shape index (κ1) is 22.3. The second kappa shape index (κ2) is 10.1. The molecule has 4 rings (SSSR count). The highest BCUT2D eigenvalue weighted by Gasteiger charge is 2.34. The lowest BCUT2D eigenvalue weighted by Crippen LogP contribution is -2.37. The Kier molecular flexibility index (Phi) is 7.06. The Labute approximate surface area is 192 Å². The highest BCUT2D eigenvalue weighted by Crippen LogP contribution is 2.26. The predicted molar refractivity (Wildman–Crippen MR) is 123 cm³/mol. The first-order valence-electron chi connectivity index (χ1n) is 10.8. The number of carbonyl (C=O) groups excluding carboxylic acids is 2. The molecular weight excluding hydrogens is 432 g/mol. The van der Waals surface area contributed by atoms with Gasteiger partial charge < -0.3 is 25.2 Å². The van der Waals surface area contributed by atoms with E-state index in [0.717, 1.165) is 30.4 Å². The van der Waals surface area contributed by atoms with Crippen molar-refractivity contribution in [1.82, 2.24) is 15.3 Å². The van der Waals surface area contributed by atoms with Gasteiger partial charge >= 0.3 is 0 Å². The standard InChI is InChI=1S/C22H27ClN6O3/c1-15-26-19(13-20(27-15)28-8-10-32-11-9-28)24-6-7-25-22(31)16-12-21(30)29(14-16)18-4-2-17(23)3-5-18/h2-5,13,16H,6-12,14H2,1H3,(H,25,31)(H,24,26,27). The Morgan fingerprint density at radius 1 is 1.19 bits per heavy atom. The third-order valence-electron chi connectivity index (χ3n) is 5.52. The molecule has 1 aromatic heterocycles. The molecule has 0 radical (unpaired) electrons. The predicted octanol–water partition coefficient (Wildman–Crippen LogP) is 1.86. The van der Waals surface area contributed by atoms with Crippen molar-refractivity contribution in [1.29, 1.82) is 0 Å². The number of aryl methyl sites for hydroxylation is 1. The van der Waals surface area contributed by atoms with Crippen LogP contribution in [0.15, 0.2) is 30.3 Å². The molecule has 2 amide bonds. The van der Waals surface area contributed by atoms with Crippen LogP contribution in [0.5, 0.6) is 0 Å². The van der Waals surface area contributed by atoms with Crippen LogP contribution in [0.4, 0.5) is 17.3 Å². The third-order valence-corrected chi connectivity index (χ3v) is 5.78. The molecule has 10 heteroatoms. The fourth-order valence-electron chi connectivity index (χ4n) is 3.87. The molecule has 2 N–H and O–H groups in total. The summed E-state index contributed by atoms with van der Waals surface area (Å²) in [5, 5.41) is 6.77. The Morgan fingerprint density at radius 3 is 2.69 bits per heavy atom. The molecule has 2 aromatic rings. The van der Waals surface area contributed by atoms with E-state index in [1.807, 2.05) is 13.0 Å². The van der Waals surface area contributed by atoms with Gasteiger partial charge in [-0.15, -0.1) is 0 Å². The van der Waals surface area contributed by atoms with E-state index in [1.54, 1.807) is 29.2 Å². The molecule has 170 valence electrons. The number of rotatable bonds is 7. The molecule has 1 aromatic carbocycles. The average Bonchev–Trinajstić information content (AvgIpc) is 3.19. The van der Waals surface area contributed by atoms with Crippen molar-refractivity contribution in [2.45, 2.75) is 13.3 Å². The lowest BCUT2D eigenvalue weighted by atomic mass is 10.1. The quantitative estimate of drug-likeness (QED) is 0.611. The molecule has 0 aliphatic carbocycles. The number of amides is 2. The minimum absolute atomic E-state index is 0.0577. The minimum atomic E-state index is -0.368. The smallest absolute Gasteiger partial charge is 0.227 e. The zero-order valence-electron chi connectivity index (χ0n) is 18.0. The van der Waals surface area contributed by atoms with Gasteiger partial charge in [0.15, 0.2) is 0 Å². The molecule has 0 bridgehead atoms. The number of halogens is 1. The minimum Gasteiger partial charge on any atom is -0.378 e. The van der Waals surface area contributed by atoms with Gasteiger partial charge in [-0.05, 0) is 31.2 Å². The largest absolute Gasteiger partial charge is 0.378 e. The van der Waals surface area contributed by atoms with Gasteiger partial charge in [0.1, 0.15) is 17.5 Å². The van der Waals surface area contributed by atoms with Crippen molar-refractivity contribution in [3.05, 3.63) is 41.2 Å². The van der Waals surface area contributed by atoms with Gasteiger partial charge in [-0.3, -0.25) is 9.59 Å². The summed E-state index contributed by atoms with van der Waals surface area (Å²) in [5.74, 6) is 1.74. The summed E-state index contributed by atoms with van der Waals surface area (Å²) in [5.41, 5.74) is 0.756. The first-order chi connectivity index (χ1) is 15.5. The summed E-state index contributed by atoms with van der Waals surface area (Å²) in [6, 6.07) is 8.98. The summed E-state index contributed by atoms with van der Waals surface area (Å²) in [6.07, 6.45) is 0.204. The topological polar surface area (TPSA) is 99.7 Å². The van der Waals surface area contributed by atoms with Gasteiger partial charge in [-0.2, -0.15) is 0 Å². The van der Waals surface area contributed by atoms with Gasteiger partial charge in [0, 0.05) is 55.9 Å². The number of aromatic nitrogens is 2. The van der Waals surface area contributed by atoms with E-state index in [2.05, 4.69) is 25.5 Å². The first-order valence-corrected chi connectivity index (χ1v) is 11.1. The van der Waals surface area contributed by atoms with Gasteiger partial charge in [0.25, 0.3) is 0 Å². The lowest BCUT2D eigenvalue weighted by Gasteiger charge is -2.28. The molecule has 2 fully saturated rings. The fraction of sp³-hybridized carbons (Fsp3) is 0.455. The van der Waals surface area contributed by atoms with E-state index in [1.165, 1.54) is 0 Å². The van der Waals surface area contributed by atoms with E-state index in [9.17, 15) is 9.59 Å². The van der Waals surface area contributed by atoms with Crippen LogP contribution >= 0.6 is 11.6 Å². The van der Waals surface area contributed by atoms with Gasteiger partial charge in [-0.1, -0.05) is 11.6 Å². The second-order valence-corrected chi connectivity index (χ2v) is 8.29. The van der Waals surface area contributed by atoms with Gasteiger partial charge in [-0.25, -0.2) is 9.97 Å². The van der Waals surface area contributed by atoms with Crippen LogP contribution in [0.1, 0.15) is 12.2 Å². The monoisotopic (exact) mass is 458 g/mol. The zero-order chi connectivity index (χ0) is 22.5. The lowest BCUT2D eigenvalue weighted by molar-refractivity contribution is -0.126. The summed E-state index contributed by atoms with van der Waals surface area (Å²) in [6.45, 7) is 6.17. The maximum atomic E-state index is 12.6. The van der Waals surface area contributed by atoms with Crippen LogP contribution in [-0.2, 0) is 14.3 Å². The summed E-state index contributed by atoms with van der Waals surface area (Å²) in [4.78, 5) is 37.7. The van der Waals surface area contributed by atoms with Crippen molar-refractivity contribution in [3.63, 3.8) is 0 Å². The van der Waals surface area contributed by atoms with Gasteiger partial charge in [0.2, 0.25) is 11.8 Å². The molecule has 2 aliphatic rings. The Morgan fingerprint density at radius 2 is 1.94 bits per heavy atom. The summed E-state index contributed by atoms with van der Waals surface area (Å²) < 4.78 is 5.40. The van der Waals surface area contributed by atoms with E-state index < -0.39 is 0 Å². The number of hydrogen-bond donors (Lipinski definition) is 2. The van der Waals surface area contributed by atoms with Crippen molar-refractivity contribution in [2.75, 3.05) is 61.1 Å². The number of nitrogens with one attached hydrogen (secondary N) is 2. The molecular formula is C22H27ClN6O3. The SMILES string of the molecule is Cc1nc(NCCNC(=O)C2CC(=O)N(c3ccc(Cl)cc3)C2)cc(N2CCOCC2)n1. The van der Waals surface area contributed by atoms with Crippen molar-refractivity contribution >= 4 is 40.7 Å². The number of carbonyl (C=O) groups is 2. The average molecular weight is 459 g/mol.